The van der Waals surface area contributed by atoms with Crippen molar-refractivity contribution in [2.45, 2.75) is 18.9 Å². The standard InChI is InChI=1S/C5H11NO4S/c6-11(7,8)10-5-2-1-3-9-4-5/h5H,1-4H2,(H2,6,7,8). The van der Waals surface area contributed by atoms with Gasteiger partial charge < -0.3 is 4.74 Å². The minimum atomic E-state index is -3.80. The fourth-order valence-corrected chi connectivity index (χ4v) is 1.51. The molecule has 0 aromatic carbocycles. The van der Waals surface area contributed by atoms with Crippen LogP contribution in [0.3, 0.4) is 0 Å². The van der Waals surface area contributed by atoms with E-state index in [1.165, 1.54) is 0 Å². The Morgan fingerprint density at radius 1 is 1.55 bits per heavy atom. The van der Waals surface area contributed by atoms with Crippen LogP contribution in [0.4, 0.5) is 0 Å². The van der Waals surface area contributed by atoms with Gasteiger partial charge in [-0.1, -0.05) is 0 Å². The number of rotatable bonds is 2. The topological polar surface area (TPSA) is 78.6 Å². The fraction of sp³-hybridized carbons (Fsp3) is 1.00. The lowest BCUT2D eigenvalue weighted by Gasteiger charge is -2.20. The molecule has 0 bridgehead atoms. The number of nitrogens with two attached hydrogens (primary N) is 1. The van der Waals surface area contributed by atoms with Gasteiger partial charge in [-0.3, -0.25) is 4.18 Å². The lowest BCUT2D eigenvalue weighted by molar-refractivity contribution is 0.0104. The Hall–Kier alpha value is -0.170. The molecule has 1 rings (SSSR count). The number of ether oxygens (including phenoxy) is 1. The second-order valence-electron chi connectivity index (χ2n) is 2.43. The minimum absolute atomic E-state index is 0.316. The fourth-order valence-electron chi connectivity index (χ4n) is 0.977. The molecule has 1 heterocycles. The van der Waals surface area contributed by atoms with Crippen LogP contribution in [0.25, 0.3) is 0 Å². The SMILES string of the molecule is NS(=O)(=O)OC1CCCOC1. The largest absolute Gasteiger partial charge is 0.379 e. The van der Waals surface area contributed by atoms with E-state index in [-0.39, 0.29) is 0 Å². The summed E-state index contributed by atoms with van der Waals surface area (Å²) >= 11 is 0. The zero-order valence-electron chi connectivity index (χ0n) is 6.02. The lowest BCUT2D eigenvalue weighted by atomic mass is 10.2. The van der Waals surface area contributed by atoms with E-state index in [9.17, 15) is 8.42 Å². The summed E-state index contributed by atoms with van der Waals surface area (Å²) in [5.74, 6) is 0. The number of hydrogen-bond donors (Lipinski definition) is 1. The van der Waals surface area contributed by atoms with Gasteiger partial charge in [0.1, 0.15) is 6.10 Å². The molecule has 0 radical (unpaired) electrons. The monoisotopic (exact) mass is 181 g/mol. The van der Waals surface area contributed by atoms with Crippen LogP contribution in [-0.2, 0) is 19.2 Å². The maximum atomic E-state index is 10.4. The van der Waals surface area contributed by atoms with Crippen molar-refractivity contribution in [3.8, 4) is 0 Å². The first-order chi connectivity index (χ1) is 5.08. The van der Waals surface area contributed by atoms with E-state index in [1.807, 2.05) is 0 Å². The van der Waals surface area contributed by atoms with Crippen molar-refractivity contribution in [3.63, 3.8) is 0 Å². The minimum Gasteiger partial charge on any atom is -0.379 e. The maximum absolute atomic E-state index is 10.4. The molecular weight excluding hydrogens is 170 g/mol. The highest BCUT2D eigenvalue weighted by atomic mass is 32.2. The first kappa shape index (κ1) is 8.92. The van der Waals surface area contributed by atoms with Gasteiger partial charge in [-0.05, 0) is 12.8 Å². The second-order valence-corrected chi connectivity index (χ2v) is 3.61. The summed E-state index contributed by atoms with van der Waals surface area (Å²) in [6.07, 6.45) is 1.12. The molecule has 0 aromatic rings. The summed E-state index contributed by atoms with van der Waals surface area (Å²) < 4.78 is 30.3. The smallest absolute Gasteiger partial charge is 0.333 e. The van der Waals surface area contributed by atoms with Gasteiger partial charge in [0.05, 0.1) is 6.61 Å². The summed E-state index contributed by atoms with van der Waals surface area (Å²) in [6, 6.07) is 0. The van der Waals surface area contributed by atoms with E-state index in [0.29, 0.717) is 19.6 Å². The van der Waals surface area contributed by atoms with Gasteiger partial charge in [0.25, 0.3) is 0 Å². The third kappa shape index (κ3) is 3.66. The lowest BCUT2D eigenvalue weighted by Crippen LogP contribution is -2.30. The molecule has 0 aromatic heterocycles. The Kier molecular flexibility index (Phi) is 2.83. The Labute approximate surface area is 65.7 Å². The second kappa shape index (κ2) is 3.48. The highest BCUT2D eigenvalue weighted by Crippen LogP contribution is 2.10. The summed E-state index contributed by atoms with van der Waals surface area (Å²) in [4.78, 5) is 0. The van der Waals surface area contributed by atoms with E-state index in [4.69, 9.17) is 4.74 Å². The molecule has 6 heteroatoms. The van der Waals surface area contributed by atoms with Gasteiger partial charge in [-0.25, -0.2) is 5.14 Å². The molecule has 0 aliphatic carbocycles. The van der Waals surface area contributed by atoms with Crippen LogP contribution in [0.15, 0.2) is 0 Å². The van der Waals surface area contributed by atoms with E-state index in [1.54, 1.807) is 0 Å². The Balaban J connectivity index is 2.36. The first-order valence-electron chi connectivity index (χ1n) is 3.37. The highest BCUT2D eigenvalue weighted by molar-refractivity contribution is 7.84. The quantitative estimate of drug-likeness (QED) is 0.616. The van der Waals surface area contributed by atoms with E-state index in [2.05, 4.69) is 9.32 Å². The zero-order chi connectivity index (χ0) is 8.32. The van der Waals surface area contributed by atoms with Crippen LogP contribution in [0.2, 0.25) is 0 Å². The predicted octanol–water partition coefficient (Wildman–Crippen LogP) is -0.614. The van der Waals surface area contributed by atoms with Crippen molar-refractivity contribution in [1.82, 2.24) is 0 Å². The van der Waals surface area contributed by atoms with Gasteiger partial charge >= 0.3 is 10.3 Å². The van der Waals surface area contributed by atoms with E-state index < -0.39 is 16.4 Å². The first-order valence-corrected chi connectivity index (χ1v) is 4.84. The highest BCUT2D eigenvalue weighted by Gasteiger charge is 2.18. The molecule has 1 saturated heterocycles. The molecule has 1 aliphatic rings. The van der Waals surface area contributed by atoms with Gasteiger partial charge in [0.15, 0.2) is 0 Å². The third-order valence-corrected chi connectivity index (χ3v) is 1.93. The average molecular weight is 181 g/mol. The van der Waals surface area contributed by atoms with Crippen LogP contribution in [-0.4, -0.2) is 27.7 Å². The summed E-state index contributed by atoms with van der Waals surface area (Å²) in [6.45, 7) is 0.987. The Morgan fingerprint density at radius 2 is 2.27 bits per heavy atom. The molecule has 1 atom stereocenters. The Morgan fingerprint density at radius 3 is 2.73 bits per heavy atom. The van der Waals surface area contributed by atoms with Gasteiger partial charge in [-0.15, -0.1) is 0 Å². The van der Waals surface area contributed by atoms with Gasteiger partial charge in [0, 0.05) is 6.61 Å². The van der Waals surface area contributed by atoms with Crippen LogP contribution < -0.4 is 5.14 Å². The summed E-state index contributed by atoms with van der Waals surface area (Å²) in [7, 11) is -3.80. The van der Waals surface area contributed by atoms with E-state index in [0.717, 1.165) is 6.42 Å². The molecule has 0 saturated carbocycles. The van der Waals surface area contributed by atoms with Crippen LogP contribution in [0, 0.1) is 0 Å². The summed E-state index contributed by atoms with van der Waals surface area (Å²) in [5, 5.41) is 4.66. The van der Waals surface area contributed by atoms with Crippen molar-refractivity contribution in [2.24, 2.45) is 5.14 Å². The molecule has 11 heavy (non-hydrogen) atoms. The van der Waals surface area contributed by atoms with Crippen LogP contribution >= 0.6 is 0 Å². The molecule has 0 spiro atoms. The molecule has 2 N–H and O–H groups in total. The molecule has 5 nitrogen and oxygen atoms in total. The average Bonchev–Trinajstić information content (AvgIpc) is 1.85. The zero-order valence-corrected chi connectivity index (χ0v) is 6.84. The van der Waals surface area contributed by atoms with Crippen molar-refractivity contribution in [3.05, 3.63) is 0 Å². The van der Waals surface area contributed by atoms with E-state index >= 15 is 0 Å². The van der Waals surface area contributed by atoms with Crippen molar-refractivity contribution in [2.75, 3.05) is 13.2 Å². The van der Waals surface area contributed by atoms with Crippen LogP contribution in [0.5, 0.6) is 0 Å². The van der Waals surface area contributed by atoms with Crippen molar-refractivity contribution < 1.29 is 17.3 Å². The van der Waals surface area contributed by atoms with Gasteiger partial charge in [-0.2, -0.15) is 8.42 Å². The molecule has 1 unspecified atom stereocenters. The van der Waals surface area contributed by atoms with Crippen LogP contribution in [0.1, 0.15) is 12.8 Å². The maximum Gasteiger partial charge on any atom is 0.333 e. The van der Waals surface area contributed by atoms with Crippen molar-refractivity contribution >= 4 is 10.3 Å². The molecule has 1 fully saturated rings. The molecular formula is C5H11NO4S. The third-order valence-electron chi connectivity index (χ3n) is 1.39. The Bertz CT molecular complexity index is 207. The normalized spacial score (nSPS) is 26.8. The molecule has 1 aliphatic heterocycles. The predicted molar refractivity (Wildman–Crippen MR) is 38.0 cm³/mol. The number of hydrogen-bond acceptors (Lipinski definition) is 4. The van der Waals surface area contributed by atoms with Crippen molar-refractivity contribution in [1.29, 1.82) is 0 Å². The molecule has 0 amide bonds. The van der Waals surface area contributed by atoms with Gasteiger partial charge in [0.2, 0.25) is 0 Å². The molecule has 66 valence electrons. The summed E-state index contributed by atoms with van der Waals surface area (Å²) in [5.41, 5.74) is 0.